The fraction of sp³-hybridized carbons (Fsp3) is 0.462. The Balaban J connectivity index is 0.00000252. The van der Waals surface area contributed by atoms with Crippen LogP contribution in [0.4, 0.5) is 4.79 Å². The van der Waals surface area contributed by atoms with Gasteiger partial charge in [0, 0.05) is 31.5 Å². The number of H-pyrrole nitrogens is 2. The molecule has 4 atom stereocenters. The second-order valence-electron chi connectivity index (χ2n) is 14.4. The van der Waals surface area contributed by atoms with Crippen molar-refractivity contribution in [3.8, 4) is 33.6 Å². The summed E-state index contributed by atoms with van der Waals surface area (Å²) in [4.78, 5) is 58.3. The number of hydrogen-bond donors (Lipinski definition) is 3. The Bertz CT molecular complexity index is 1810. The predicted molar refractivity (Wildman–Crippen MR) is 224 cm³/mol. The van der Waals surface area contributed by atoms with E-state index in [0.29, 0.717) is 19.0 Å². The Hall–Kier alpha value is -3.88. The number of aromatic amines is 2. The SMILES string of the molecule is COC(=O)N[C@H](C(=O)N1CCC(c2ncc(-c3ccc(-c4ccc(-c5cnc([C@@H]6CCCN6C(=O)[C@@H](C)C(C)C)[nH]5)cc4)cc3)[nH]2)C1)C(C)C.S.S.S. The molecule has 4 aromatic rings. The summed E-state index contributed by atoms with van der Waals surface area (Å²) in [5.74, 6) is 2.16. The molecule has 288 valence electrons. The number of likely N-dealkylation sites (tertiary alicyclic amines) is 2. The van der Waals surface area contributed by atoms with Crippen LogP contribution in [0.25, 0.3) is 33.6 Å². The summed E-state index contributed by atoms with van der Waals surface area (Å²) in [7, 11) is 1.30. The Morgan fingerprint density at radius 2 is 1.26 bits per heavy atom. The van der Waals surface area contributed by atoms with Crippen LogP contribution < -0.4 is 5.32 Å². The minimum atomic E-state index is -0.633. The summed E-state index contributed by atoms with van der Waals surface area (Å²) >= 11 is 0. The van der Waals surface area contributed by atoms with E-state index < -0.39 is 12.1 Å². The first-order valence-corrected chi connectivity index (χ1v) is 17.8. The van der Waals surface area contributed by atoms with Crippen molar-refractivity contribution < 1.29 is 19.1 Å². The standard InChI is InChI=1S/C39H49N7O4.3H2S/c1-23(2)25(5)37(47)46-18-7-8-33(46)36-41-21-32(43-36)29-15-11-27(12-16-29)26-9-13-28(14-10-26)31-20-40-35(42-31)30-17-19-45(22-30)38(48)34(24(3)4)44-39(49)50-6;;;/h9-16,20-21,23-25,30,33-34H,7-8,17-19,22H2,1-6H3,(H,40,42)(H,41,43)(H,44,49);3*1H2/t25-,30?,33-,34-;;;/m0.../s1. The van der Waals surface area contributed by atoms with Crippen molar-refractivity contribution in [1.82, 2.24) is 35.1 Å². The maximum absolute atomic E-state index is 13.2. The van der Waals surface area contributed by atoms with Gasteiger partial charge < -0.3 is 29.8 Å². The lowest BCUT2D eigenvalue weighted by atomic mass is 9.96. The average molecular weight is 782 g/mol. The van der Waals surface area contributed by atoms with Crippen molar-refractivity contribution in [2.24, 2.45) is 17.8 Å². The number of methoxy groups -OCH3 is 1. The first kappa shape index (κ1) is 43.5. The molecule has 3 N–H and O–H groups in total. The van der Waals surface area contributed by atoms with Crippen LogP contribution >= 0.6 is 40.5 Å². The molecular weight excluding hydrogens is 727 g/mol. The van der Waals surface area contributed by atoms with Crippen molar-refractivity contribution in [3.63, 3.8) is 0 Å². The lowest BCUT2D eigenvalue weighted by molar-refractivity contribution is -0.137. The number of nitrogens with one attached hydrogen (secondary N) is 3. The third-order valence-corrected chi connectivity index (χ3v) is 10.4. The van der Waals surface area contributed by atoms with Crippen molar-refractivity contribution in [3.05, 3.63) is 72.6 Å². The van der Waals surface area contributed by atoms with Crippen molar-refractivity contribution in [1.29, 1.82) is 0 Å². The van der Waals surface area contributed by atoms with Crippen LogP contribution in [0.3, 0.4) is 0 Å². The summed E-state index contributed by atoms with van der Waals surface area (Å²) in [6.07, 6.45) is 5.83. The second-order valence-corrected chi connectivity index (χ2v) is 14.4. The number of rotatable bonds is 10. The molecule has 2 aliphatic heterocycles. The van der Waals surface area contributed by atoms with E-state index in [9.17, 15) is 14.4 Å². The van der Waals surface area contributed by atoms with Gasteiger partial charge in [-0.15, -0.1) is 0 Å². The van der Waals surface area contributed by atoms with Gasteiger partial charge in [-0.2, -0.15) is 40.5 Å². The van der Waals surface area contributed by atoms with Gasteiger partial charge >= 0.3 is 6.09 Å². The minimum absolute atomic E-state index is 0. The molecule has 3 amide bonds. The van der Waals surface area contributed by atoms with E-state index in [4.69, 9.17) is 9.72 Å². The second kappa shape index (κ2) is 18.9. The van der Waals surface area contributed by atoms with Gasteiger partial charge in [0.2, 0.25) is 11.8 Å². The Kier molecular flexibility index (Phi) is 15.5. The molecule has 1 unspecified atom stereocenters. The Labute approximate surface area is 333 Å². The molecule has 2 fully saturated rings. The summed E-state index contributed by atoms with van der Waals surface area (Å²) < 4.78 is 4.72. The summed E-state index contributed by atoms with van der Waals surface area (Å²) in [5, 5.41) is 2.68. The third kappa shape index (κ3) is 9.63. The number of hydrogen-bond acceptors (Lipinski definition) is 6. The van der Waals surface area contributed by atoms with Crippen LogP contribution in [0.15, 0.2) is 60.9 Å². The van der Waals surface area contributed by atoms with Crippen LogP contribution in [0, 0.1) is 17.8 Å². The van der Waals surface area contributed by atoms with E-state index in [1.165, 1.54) is 7.11 Å². The lowest BCUT2D eigenvalue weighted by Gasteiger charge is -2.27. The molecule has 53 heavy (non-hydrogen) atoms. The molecule has 6 rings (SSSR count). The first-order chi connectivity index (χ1) is 24.0. The zero-order valence-corrected chi connectivity index (χ0v) is 34.4. The molecular formula is C39H55N7O4S3. The molecule has 0 bridgehead atoms. The van der Waals surface area contributed by atoms with Crippen molar-refractivity contribution >= 4 is 58.4 Å². The molecule has 0 aliphatic carbocycles. The van der Waals surface area contributed by atoms with Crippen LogP contribution in [0.2, 0.25) is 0 Å². The Morgan fingerprint density at radius 3 is 1.79 bits per heavy atom. The first-order valence-electron chi connectivity index (χ1n) is 17.8. The van der Waals surface area contributed by atoms with Crippen molar-refractivity contribution in [2.75, 3.05) is 26.7 Å². The zero-order chi connectivity index (χ0) is 35.5. The van der Waals surface area contributed by atoms with Gasteiger partial charge in [-0.1, -0.05) is 83.1 Å². The van der Waals surface area contributed by atoms with Crippen LogP contribution in [0.1, 0.15) is 77.5 Å². The molecule has 2 aromatic heterocycles. The van der Waals surface area contributed by atoms with Gasteiger partial charge in [0.05, 0.1) is 36.9 Å². The largest absolute Gasteiger partial charge is 0.453 e. The number of carbonyl (C=O) groups excluding carboxylic acids is 3. The van der Waals surface area contributed by atoms with E-state index in [1.54, 1.807) is 4.90 Å². The zero-order valence-electron chi connectivity index (χ0n) is 31.4. The van der Waals surface area contributed by atoms with Crippen LogP contribution in [-0.4, -0.2) is 80.4 Å². The highest BCUT2D eigenvalue weighted by atomic mass is 32.1. The summed E-state index contributed by atoms with van der Waals surface area (Å²) in [6, 6.07) is 16.2. The topological polar surface area (TPSA) is 136 Å². The Morgan fingerprint density at radius 1 is 0.736 bits per heavy atom. The normalized spacial score (nSPS) is 17.8. The van der Waals surface area contributed by atoms with Crippen LogP contribution in [0.5, 0.6) is 0 Å². The highest BCUT2D eigenvalue weighted by Crippen LogP contribution is 2.34. The summed E-state index contributed by atoms with van der Waals surface area (Å²) in [6.45, 7) is 12.0. The maximum Gasteiger partial charge on any atom is 0.407 e. The number of aromatic nitrogens is 4. The maximum atomic E-state index is 13.2. The smallest absolute Gasteiger partial charge is 0.407 e. The van der Waals surface area contributed by atoms with E-state index in [1.807, 2.05) is 38.1 Å². The molecule has 0 spiro atoms. The molecule has 11 nitrogen and oxygen atoms in total. The fourth-order valence-corrected chi connectivity index (χ4v) is 6.97. The van der Waals surface area contributed by atoms with Gasteiger partial charge in [-0.3, -0.25) is 9.59 Å². The number of ether oxygens (including phenoxy) is 1. The van der Waals surface area contributed by atoms with E-state index in [-0.39, 0.29) is 76.1 Å². The van der Waals surface area contributed by atoms with E-state index in [0.717, 1.165) is 71.1 Å². The van der Waals surface area contributed by atoms with Gasteiger partial charge in [-0.25, -0.2) is 14.8 Å². The predicted octanol–water partition coefficient (Wildman–Crippen LogP) is 7.12. The number of amides is 3. The number of benzene rings is 2. The van der Waals surface area contributed by atoms with Gasteiger partial charge in [0.1, 0.15) is 17.7 Å². The number of carbonyl (C=O) groups is 3. The van der Waals surface area contributed by atoms with Gasteiger partial charge in [-0.05, 0) is 53.4 Å². The molecule has 2 saturated heterocycles. The fourth-order valence-electron chi connectivity index (χ4n) is 6.97. The van der Waals surface area contributed by atoms with Crippen molar-refractivity contribution in [2.45, 2.75) is 71.9 Å². The number of imidazole rings is 2. The van der Waals surface area contributed by atoms with E-state index in [2.05, 4.69) is 82.6 Å². The molecule has 2 aliphatic rings. The molecule has 0 saturated carbocycles. The monoisotopic (exact) mass is 781 g/mol. The van der Waals surface area contributed by atoms with Crippen LogP contribution in [-0.2, 0) is 14.3 Å². The number of alkyl carbamates (subject to hydrolysis) is 1. The van der Waals surface area contributed by atoms with Gasteiger partial charge in [0.25, 0.3) is 0 Å². The molecule has 2 aromatic carbocycles. The highest BCUT2D eigenvalue weighted by Gasteiger charge is 2.36. The number of nitrogens with zero attached hydrogens (tertiary/aromatic N) is 4. The summed E-state index contributed by atoms with van der Waals surface area (Å²) in [5.41, 5.74) is 6.17. The highest BCUT2D eigenvalue weighted by molar-refractivity contribution is 7.59. The average Bonchev–Trinajstić information content (AvgIpc) is 3.96. The third-order valence-electron chi connectivity index (χ3n) is 10.4. The van der Waals surface area contributed by atoms with E-state index >= 15 is 0 Å². The quantitative estimate of drug-likeness (QED) is 0.157. The van der Waals surface area contributed by atoms with Gasteiger partial charge in [0.15, 0.2) is 0 Å². The molecule has 0 radical (unpaired) electrons. The minimum Gasteiger partial charge on any atom is -0.453 e. The lowest BCUT2D eigenvalue weighted by Crippen LogP contribution is -2.50. The molecule has 14 heteroatoms. The molecule has 4 heterocycles.